The average molecular weight is 324 g/mol. The van der Waals surface area contributed by atoms with E-state index in [1.54, 1.807) is 0 Å². The Balaban J connectivity index is 2.09. The summed E-state index contributed by atoms with van der Waals surface area (Å²) in [6.45, 7) is 9.56. The number of fused-ring (bicyclic) bond motifs is 1. The van der Waals surface area contributed by atoms with Gasteiger partial charge in [-0.05, 0) is 41.9 Å². The molecule has 0 amide bonds. The summed E-state index contributed by atoms with van der Waals surface area (Å²) in [5.41, 5.74) is 1.01. The zero-order valence-corrected chi connectivity index (χ0v) is 12.7. The molecule has 0 spiro atoms. The Morgan fingerprint density at radius 2 is 1.79 bits per heavy atom. The van der Waals surface area contributed by atoms with Gasteiger partial charge in [0.25, 0.3) is 0 Å². The summed E-state index contributed by atoms with van der Waals surface area (Å²) in [4.78, 5) is 0. The van der Waals surface area contributed by atoms with E-state index in [-0.39, 0.29) is 3.23 Å². The molecule has 0 unspecified atom stereocenters. The average Bonchev–Trinajstić information content (AvgIpc) is 2.44. The van der Waals surface area contributed by atoms with Gasteiger partial charge in [0, 0.05) is 0 Å². The van der Waals surface area contributed by atoms with Crippen molar-refractivity contribution in [1.29, 1.82) is 0 Å². The van der Waals surface area contributed by atoms with Gasteiger partial charge in [0.2, 0.25) is 0 Å². The number of hydrogen-bond acceptors (Lipinski definition) is 0. The van der Waals surface area contributed by atoms with E-state index in [2.05, 4.69) is 59.6 Å². The van der Waals surface area contributed by atoms with Gasteiger partial charge in [-0.25, -0.2) is 0 Å². The van der Waals surface area contributed by atoms with Crippen molar-refractivity contribution in [3.05, 3.63) is 0 Å². The maximum absolute atomic E-state index is 3.85. The lowest BCUT2D eigenvalue weighted by atomic mass is 9.70. The van der Waals surface area contributed by atoms with E-state index in [9.17, 15) is 0 Å². The third-order valence-electron chi connectivity index (χ3n) is 4.64. The number of rotatable bonds is 0. The topological polar surface area (TPSA) is 0 Å². The highest BCUT2D eigenvalue weighted by Crippen LogP contribution is 2.77. The molecule has 0 aliphatic heterocycles. The van der Waals surface area contributed by atoms with E-state index in [1.807, 2.05) is 0 Å². The molecule has 82 valence electrons. The molecule has 0 nitrogen and oxygen atoms in total. The third kappa shape index (κ3) is 1.43. The molecule has 2 aliphatic carbocycles. The van der Waals surface area contributed by atoms with E-state index in [1.165, 1.54) is 19.3 Å². The van der Waals surface area contributed by atoms with E-state index in [0.29, 0.717) is 10.8 Å². The first kappa shape index (κ1) is 11.4. The van der Waals surface area contributed by atoms with E-state index < -0.39 is 0 Å². The minimum absolute atomic E-state index is 0.257. The highest BCUT2D eigenvalue weighted by atomic mass is 79.9. The molecular formula is C12H20Br2. The van der Waals surface area contributed by atoms with Crippen molar-refractivity contribution >= 4 is 31.9 Å². The minimum atomic E-state index is 0.257. The van der Waals surface area contributed by atoms with Crippen LogP contribution in [0, 0.1) is 22.7 Å². The van der Waals surface area contributed by atoms with Gasteiger partial charge in [0.1, 0.15) is 0 Å². The SMILES string of the molecule is CC(C)(C)[C@@H]1CC[C@]2(C)[C@@H](C1)C2(Br)Br. The highest BCUT2D eigenvalue weighted by molar-refractivity contribution is 9.25. The Morgan fingerprint density at radius 3 is 2.21 bits per heavy atom. The fraction of sp³-hybridized carbons (Fsp3) is 1.00. The van der Waals surface area contributed by atoms with Crippen molar-refractivity contribution < 1.29 is 0 Å². The summed E-state index contributed by atoms with van der Waals surface area (Å²) in [7, 11) is 0. The molecule has 2 heteroatoms. The first-order valence-corrected chi connectivity index (χ1v) is 7.16. The number of hydrogen-bond donors (Lipinski definition) is 0. The fourth-order valence-electron chi connectivity index (χ4n) is 3.09. The highest BCUT2D eigenvalue weighted by Gasteiger charge is 2.72. The summed E-state index contributed by atoms with van der Waals surface area (Å²) in [6.07, 6.45) is 4.15. The van der Waals surface area contributed by atoms with Gasteiger partial charge in [-0.1, -0.05) is 59.6 Å². The van der Waals surface area contributed by atoms with Gasteiger partial charge in [-0.3, -0.25) is 0 Å². The largest absolute Gasteiger partial charge is 0.0896 e. The fourth-order valence-corrected chi connectivity index (χ4v) is 5.19. The monoisotopic (exact) mass is 322 g/mol. The third-order valence-corrected chi connectivity index (χ3v) is 7.56. The lowest BCUT2D eigenvalue weighted by Crippen LogP contribution is -2.25. The molecule has 0 aromatic carbocycles. The number of alkyl halides is 2. The molecule has 0 radical (unpaired) electrons. The Morgan fingerprint density at radius 1 is 1.21 bits per heavy atom. The van der Waals surface area contributed by atoms with Crippen LogP contribution in [0.15, 0.2) is 0 Å². The van der Waals surface area contributed by atoms with Crippen LogP contribution in [-0.4, -0.2) is 3.23 Å². The second-order valence-electron chi connectivity index (χ2n) is 6.43. The maximum atomic E-state index is 3.85. The second-order valence-corrected chi connectivity index (χ2v) is 10.00. The molecule has 0 bridgehead atoms. The van der Waals surface area contributed by atoms with Gasteiger partial charge < -0.3 is 0 Å². The van der Waals surface area contributed by atoms with Crippen LogP contribution in [0.2, 0.25) is 0 Å². The van der Waals surface area contributed by atoms with E-state index >= 15 is 0 Å². The standard InChI is InChI=1S/C12H20Br2/c1-10(2,3)8-5-6-11(4)9(7-8)12(11,13)14/h8-9H,5-7H2,1-4H3/t8-,9-,11-/m1/s1. The van der Waals surface area contributed by atoms with Crippen molar-refractivity contribution in [2.45, 2.75) is 50.2 Å². The predicted molar refractivity (Wildman–Crippen MR) is 69.0 cm³/mol. The van der Waals surface area contributed by atoms with Gasteiger partial charge in [0.05, 0.1) is 3.23 Å². The van der Waals surface area contributed by atoms with Crippen molar-refractivity contribution in [3.63, 3.8) is 0 Å². The van der Waals surface area contributed by atoms with Crippen LogP contribution in [0.3, 0.4) is 0 Å². The van der Waals surface area contributed by atoms with Crippen LogP contribution >= 0.6 is 31.9 Å². The lowest BCUT2D eigenvalue weighted by molar-refractivity contribution is 0.151. The smallest absolute Gasteiger partial charge is 0.0718 e. The first-order valence-electron chi connectivity index (χ1n) is 5.57. The van der Waals surface area contributed by atoms with Crippen LogP contribution in [0.25, 0.3) is 0 Å². The number of halogens is 2. The van der Waals surface area contributed by atoms with Crippen molar-refractivity contribution in [2.24, 2.45) is 22.7 Å². The minimum Gasteiger partial charge on any atom is -0.0718 e. The molecule has 14 heavy (non-hydrogen) atoms. The summed E-state index contributed by atoms with van der Waals surface area (Å²) in [5.74, 6) is 1.74. The van der Waals surface area contributed by atoms with Crippen molar-refractivity contribution in [2.75, 3.05) is 0 Å². The Labute approximate surface area is 104 Å². The molecule has 0 aromatic rings. The van der Waals surface area contributed by atoms with Crippen LogP contribution in [0.5, 0.6) is 0 Å². The van der Waals surface area contributed by atoms with Crippen LogP contribution in [0.4, 0.5) is 0 Å². The second kappa shape index (κ2) is 3.00. The van der Waals surface area contributed by atoms with Crippen LogP contribution in [-0.2, 0) is 0 Å². The molecule has 2 saturated carbocycles. The molecule has 3 atom stereocenters. The van der Waals surface area contributed by atoms with Crippen molar-refractivity contribution in [1.82, 2.24) is 0 Å². The molecule has 0 heterocycles. The maximum Gasteiger partial charge on any atom is 0.0896 e. The molecule has 0 saturated heterocycles. The molecule has 2 fully saturated rings. The zero-order chi connectivity index (χ0) is 10.8. The lowest BCUT2D eigenvalue weighted by Gasteiger charge is -2.35. The molecule has 0 aromatic heterocycles. The predicted octanol–water partition coefficient (Wildman–Crippen LogP) is 4.95. The summed E-state index contributed by atoms with van der Waals surface area (Å²) >= 11 is 7.69. The summed E-state index contributed by atoms with van der Waals surface area (Å²) in [5, 5.41) is 0. The summed E-state index contributed by atoms with van der Waals surface area (Å²) < 4.78 is 0.257. The molecule has 0 N–H and O–H groups in total. The first-order chi connectivity index (χ1) is 6.19. The van der Waals surface area contributed by atoms with E-state index in [4.69, 9.17) is 0 Å². The molecule has 2 aliphatic rings. The van der Waals surface area contributed by atoms with Gasteiger partial charge in [-0.2, -0.15) is 0 Å². The van der Waals surface area contributed by atoms with Crippen LogP contribution in [0.1, 0.15) is 47.0 Å². The normalized spacial score (nSPS) is 45.9. The Hall–Kier alpha value is 0.960. The van der Waals surface area contributed by atoms with Crippen molar-refractivity contribution in [3.8, 4) is 0 Å². The van der Waals surface area contributed by atoms with Gasteiger partial charge in [-0.15, -0.1) is 0 Å². The van der Waals surface area contributed by atoms with Gasteiger partial charge in [0.15, 0.2) is 0 Å². The Bertz CT molecular complexity index is 252. The van der Waals surface area contributed by atoms with Gasteiger partial charge >= 0.3 is 0 Å². The van der Waals surface area contributed by atoms with E-state index in [0.717, 1.165) is 11.8 Å². The zero-order valence-electron chi connectivity index (χ0n) is 9.53. The quantitative estimate of drug-likeness (QED) is 0.553. The Kier molecular flexibility index (Phi) is 2.45. The molecular weight excluding hydrogens is 304 g/mol. The molecule has 2 rings (SSSR count). The summed E-state index contributed by atoms with van der Waals surface area (Å²) in [6, 6.07) is 0. The van der Waals surface area contributed by atoms with Crippen LogP contribution < -0.4 is 0 Å².